The van der Waals surface area contributed by atoms with E-state index in [1.54, 1.807) is 0 Å². The van der Waals surface area contributed by atoms with Gasteiger partial charge in [0.1, 0.15) is 0 Å². The second-order valence-electron chi connectivity index (χ2n) is 8.15. The number of piperidine rings is 1. The Labute approximate surface area is 151 Å². The van der Waals surface area contributed by atoms with Crippen molar-refractivity contribution in [1.29, 1.82) is 0 Å². The average molecular weight is 335 g/mol. The predicted octanol–water partition coefficient (Wildman–Crippen LogP) is 4.79. The first-order valence-corrected chi connectivity index (χ1v) is 9.71. The molecule has 132 valence electrons. The molecule has 0 aromatic heterocycles. The molecule has 4 rings (SSSR count). The molecule has 2 nitrogen and oxygen atoms in total. The van der Waals surface area contributed by atoms with Crippen LogP contribution in [0.4, 0.5) is 0 Å². The van der Waals surface area contributed by atoms with Crippen molar-refractivity contribution in [3.05, 3.63) is 59.7 Å². The van der Waals surface area contributed by atoms with Crippen LogP contribution in [0.3, 0.4) is 0 Å². The van der Waals surface area contributed by atoms with Gasteiger partial charge < -0.3 is 5.11 Å². The van der Waals surface area contributed by atoms with Crippen LogP contribution in [-0.4, -0.2) is 29.2 Å². The molecule has 0 amide bonds. The topological polar surface area (TPSA) is 23.5 Å². The van der Waals surface area contributed by atoms with E-state index in [0.29, 0.717) is 0 Å². The van der Waals surface area contributed by atoms with Crippen molar-refractivity contribution in [1.82, 2.24) is 4.90 Å². The van der Waals surface area contributed by atoms with E-state index in [4.69, 9.17) is 0 Å². The monoisotopic (exact) mass is 335 g/mol. The molecule has 0 radical (unpaired) electrons. The van der Waals surface area contributed by atoms with Gasteiger partial charge in [-0.25, -0.2) is 0 Å². The zero-order valence-electron chi connectivity index (χ0n) is 15.2. The number of aryl methyl sites for hydroxylation is 1. The van der Waals surface area contributed by atoms with Gasteiger partial charge in [-0.05, 0) is 55.8 Å². The number of hydrogen-bond donors (Lipinski definition) is 1. The minimum atomic E-state index is -0.0843. The van der Waals surface area contributed by atoms with Crippen molar-refractivity contribution in [3.63, 3.8) is 0 Å². The summed E-state index contributed by atoms with van der Waals surface area (Å²) in [5, 5.41) is 10.4. The molecular weight excluding hydrogens is 306 g/mol. The molecule has 1 spiro atoms. The molecule has 2 aliphatic rings. The lowest BCUT2D eigenvalue weighted by molar-refractivity contribution is -0.0120. The molecule has 2 heteroatoms. The summed E-state index contributed by atoms with van der Waals surface area (Å²) < 4.78 is 0. The SMILES string of the molecule is Cc1cccc(-c2ccc(CN3CCC[C@]4(CCC[C@H]4O)C3)cc2)c1. The first kappa shape index (κ1) is 16.8. The quantitative estimate of drug-likeness (QED) is 0.872. The van der Waals surface area contributed by atoms with Crippen LogP contribution < -0.4 is 0 Å². The van der Waals surface area contributed by atoms with Crippen LogP contribution in [0.1, 0.15) is 43.2 Å². The molecular formula is C23H29NO. The molecule has 1 aliphatic carbocycles. The van der Waals surface area contributed by atoms with Crippen molar-refractivity contribution < 1.29 is 5.11 Å². The number of hydrogen-bond acceptors (Lipinski definition) is 2. The zero-order chi connectivity index (χ0) is 17.3. The number of nitrogens with zero attached hydrogens (tertiary/aromatic N) is 1. The summed E-state index contributed by atoms with van der Waals surface area (Å²) in [4.78, 5) is 2.56. The maximum absolute atomic E-state index is 10.4. The van der Waals surface area contributed by atoms with Gasteiger partial charge in [-0.2, -0.15) is 0 Å². The first-order valence-electron chi connectivity index (χ1n) is 9.71. The van der Waals surface area contributed by atoms with E-state index in [9.17, 15) is 5.11 Å². The number of likely N-dealkylation sites (tertiary alicyclic amines) is 1. The van der Waals surface area contributed by atoms with E-state index in [0.717, 1.165) is 26.1 Å². The van der Waals surface area contributed by atoms with Crippen LogP contribution in [0.25, 0.3) is 11.1 Å². The third-order valence-electron chi connectivity index (χ3n) is 6.26. The predicted molar refractivity (Wildman–Crippen MR) is 103 cm³/mol. The van der Waals surface area contributed by atoms with Gasteiger partial charge in [-0.1, -0.05) is 60.5 Å². The molecule has 2 aromatic rings. The van der Waals surface area contributed by atoms with E-state index in [2.05, 4.69) is 60.4 Å². The molecule has 0 bridgehead atoms. The Morgan fingerprint density at radius 3 is 2.56 bits per heavy atom. The van der Waals surface area contributed by atoms with E-state index < -0.39 is 0 Å². The van der Waals surface area contributed by atoms with Gasteiger partial charge >= 0.3 is 0 Å². The number of benzene rings is 2. The van der Waals surface area contributed by atoms with Crippen LogP contribution in [0, 0.1) is 12.3 Å². The maximum atomic E-state index is 10.4. The Morgan fingerprint density at radius 2 is 1.84 bits per heavy atom. The van der Waals surface area contributed by atoms with Gasteiger partial charge in [0.05, 0.1) is 6.10 Å². The van der Waals surface area contributed by atoms with E-state index >= 15 is 0 Å². The number of aliphatic hydroxyl groups excluding tert-OH is 1. The van der Waals surface area contributed by atoms with Gasteiger partial charge in [0.15, 0.2) is 0 Å². The standard InChI is InChI=1S/C23H29NO/c1-18-5-2-6-21(15-18)20-10-8-19(9-11-20)16-24-14-4-13-23(17-24)12-3-7-22(23)25/h2,5-6,8-11,15,22,25H,3-4,7,12-14,16-17H2,1H3/t22-,23-/m1/s1. The fourth-order valence-corrected chi connectivity index (χ4v) is 4.87. The normalized spacial score (nSPS) is 27.0. The second kappa shape index (κ2) is 6.93. The van der Waals surface area contributed by atoms with Crippen LogP contribution in [0.5, 0.6) is 0 Å². The summed E-state index contributed by atoms with van der Waals surface area (Å²) in [5.74, 6) is 0. The van der Waals surface area contributed by atoms with Crippen molar-refractivity contribution in [2.24, 2.45) is 5.41 Å². The third-order valence-corrected chi connectivity index (χ3v) is 6.26. The van der Waals surface area contributed by atoms with Gasteiger partial charge in [0, 0.05) is 18.5 Å². The minimum Gasteiger partial charge on any atom is -0.393 e. The molecule has 2 atom stereocenters. The lowest BCUT2D eigenvalue weighted by Crippen LogP contribution is -2.46. The van der Waals surface area contributed by atoms with Crippen molar-refractivity contribution >= 4 is 0 Å². The Balaban J connectivity index is 1.44. The highest BCUT2D eigenvalue weighted by molar-refractivity contribution is 5.64. The molecule has 1 aliphatic heterocycles. The third kappa shape index (κ3) is 3.51. The fraction of sp³-hybridized carbons (Fsp3) is 0.478. The summed E-state index contributed by atoms with van der Waals surface area (Å²) in [5.41, 5.74) is 5.43. The van der Waals surface area contributed by atoms with Crippen LogP contribution in [0.2, 0.25) is 0 Å². The molecule has 2 fully saturated rings. The average Bonchev–Trinajstić information content (AvgIpc) is 2.95. The summed E-state index contributed by atoms with van der Waals surface area (Å²) >= 11 is 0. The van der Waals surface area contributed by atoms with Crippen molar-refractivity contribution in [2.75, 3.05) is 13.1 Å². The smallest absolute Gasteiger partial charge is 0.0608 e. The lowest BCUT2D eigenvalue weighted by Gasteiger charge is -2.42. The minimum absolute atomic E-state index is 0.0843. The van der Waals surface area contributed by atoms with E-state index in [-0.39, 0.29) is 11.5 Å². The summed E-state index contributed by atoms with van der Waals surface area (Å²) in [6, 6.07) is 17.7. The maximum Gasteiger partial charge on any atom is 0.0608 e. The molecule has 1 heterocycles. The van der Waals surface area contributed by atoms with Crippen molar-refractivity contribution in [3.8, 4) is 11.1 Å². The molecule has 0 unspecified atom stereocenters. The van der Waals surface area contributed by atoms with Crippen LogP contribution >= 0.6 is 0 Å². The van der Waals surface area contributed by atoms with Crippen LogP contribution in [-0.2, 0) is 6.54 Å². The van der Waals surface area contributed by atoms with Crippen molar-refractivity contribution in [2.45, 2.75) is 51.7 Å². The van der Waals surface area contributed by atoms with E-state index in [1.165, 1.54) is 47.9 Å². The summed E-state index contributed by atoms with van der Waals surface area (Å²) in [7, 11) is 0. The zero-order valence-corrected chi connectivity index (χ0v) is 15.2. The number of rotatable bonds is 3. The second-order valence-corrected chi connectivity index (χ2v) is 8.15. The molecule has 1 saturated carbocycles. The van der Waals surface area contributed by atoms with Gasteiger partial charge in [-0.3, -0.25) is 4.90 Å². The molecule has 2 aromatic carbocycles. The van der Waals surface area contributed by atoms with Gasteiger partial charge in [0.25, 0.3) is 0 Å². The molecule has 25 heavy (non-hydrogen) atoms. The Hall–Kier alpha value is -1.64. The Bertz CT molecular complexity index is 723. The summed E-state index contributed by atoms with van der Waals surface area (Å²) in [6.07, 6.45) is 5.74. The fourth-order valence-electron chi connectivity index (χ4n) is 4.87. The summed E-state index contributed by atoms with van der Waals surface area (Å²) in [6.45, 7) is 5.37. The Kier molecular flexibility index (Phi) is 4.66. The molecule has 1 N–H and O–H groups in total. The molecule has 1 saturated heterocycles. The highest BCUT2D eigenvalue weighted by Gasteiger charge is 2.44. The van der Waals surface area contributed by atoms with Gasteiger partial charge in [-0.15, -0.1) is 0 Å². The first-order chi connectivity index (χ1) is 12.1. The van der Waals surface area contributed by atoms with E-state index in [1.807, 2.05) is 0 Å². The van der Waals surface area contributed by atoms with Gasteiger partial charge in [0.2, 0.25) is 0 Å². The largest absolute Gasteiger partial charge is 0.393 e. The highest BCUT2D eigenvalue weighted by atomic mass is 16.3. The Morgan fingerprint density at radius 1 is 1.04 bits per heavy atom. The van der Waals surface area contributed by atoms with Crippen LogP contribution in [0.15, 0.2) is 48.5 Å². The lowest BCUT2D eigenvalue weighted by atomic mass is 9.76. The number of aliphatic hydroxyl groups is 1. The highest BCUT2D eigenvalue weighted by Crippen LogP contribution is 2.45.